The molecule has 1 N–H and O–H groups in total. The zero-order valence-corrected chi connectivity index (χ0v) is 13.1. The van der Waals surface area contributed by atoms with E-state index >= 15 is 0 Å². The van der Waals surface area contributed by atoms with Crippen molar-refractivity contribution in [2.45, 2.75) is 6.61 Å². The maximum atomic E-state index is 11.9. The van der Waals surface area contributed by atoms with Crippen LogP contribution in [-0.4, -0.2) is 32.2 Å². The molecule has 0 aliphatic heterocycles. The fourth-order valence-electron chi connectivity index (χ4n) is 2.21. The monoisotopic (exact) mass is 317 g/mol. The lowest BCUT2D eigenvalue weighted by molar-refractivity contribution is -0.117. The van der Waals surface area contributed by atoms with Crippen molar-refractivity contribution >= 4 is 11.9 Å². The molecule has 2 rings (SSSR count). The molecule has 121 valence electrons. The van der Waals surface area contributed by atoms with Crippen LogP contribution in [-0.2, 0) is 26.0 Å². The Morgan fingerprint density at radius 2 is 1.65 bits per heavy atom. The number of carbonyl (C=O) groups excluding carboxylic acids is 1. The minimum Gasteiger partial charge on any atom is -0.493 e. The molecule has 0 saturated heterocycles. The second-order valence-corrected chi connectivity index (χ2v) is 4.77. The van der Waals surface area contributed by atoms with Gasteiger partial charge in [-0.05, 0) is 41.5 Å². The number of aliphatic hydroxyl groups excluding tert-OH is 1. The molecule has 23 heavy (non-hydrogen) atoms. The third-order valence-electron chi connectivity index (χ3n) is 3.36. The zero-order valence-electron chi connectivity index (χ0n) is 13.1. The maximum absolute atomic E-state index is 11.9. The molecule has 6 nitrogen and oxygen atoms in total. The number of Topliss-reactive ketones (excluding diaryl/α,β-unsaturated/α-hetero) is 1. The van der Waals surface area contributed by atoms with E-state index in [1.54, 1.807) is 30.4 Å². The average molecular weight is 317 g/mol. The van der Waals surface area contributed by atoms with E-state index in [9.17, 15) is 15.0 Å². The lowest BCUT2D eigenvalue weighted by atomic mass is 10.0. The Morgan fingerprint density at radius 1 is 1.04 bits per heavy atom. The third kappa shape index (κ3) is 3.37. The van der Waals surface area contributed by atoms with Crippen molar-refractivity contribution in [3.8, 4) is 11.5 Å². The summed E-state index contributed by atoms with van der Waals surface area (Å²) < 4.78 is 15.1. The van der Waals surface area contributed by atoms with Gasteiger partial charge in [-0.3, -0.25) is 9.90 Å². The van der Waals surface area contributed by atoms with E-state index in [2.05, 4.69) is 0 Å². The van der Waals surface area contributed by atoms with Crippen molar-refractivity contribution in [2.75, 3.05) is 21.3 Å². The van der Waals surface area contributed by atoms with Gasteiger partial charge < -0.3 is 19.3 Å². The second-order valence-electron chi connectivity index (χ2n) is 4.77. The molecule has 0 saturated carbocycles. The Kier molecular flexibility index (Phi) is 5.08. The van der Waals surface area contributed by atoms with Crippen LogP contribution in [0, 0.1) is 0 Å². The summed E-state index contributed by atoms with van der Waals surface area (Å²) in [7, 11) is 4.19. The van der Waals surface area contributed by atoms with Crippen molar-refractivity contribution in [2.24, 2.45) is 0 Å². The number of ether oxygens (including phenoxy) is 3. The largest absolute Gasteiger partial charge is 0.493 e. The SMILES string of the molecule is COC1=CC(=Cc2cc(CO)c([O])c(OC)c2)C=C(OC)C1=O. The van der Waals surface area contributed by atoms with Crippen LogP contribution in [0.2, 0.25) is 0 Å². The van der Waals surface area contributed by atoms with E-state index in [-0.39, 0.29) is 41.0 Å². The molecular weight excluding hydrogens is 300 g/mol. The predicted octanol–water partition coefficient (Wildman–Crippen LogP) is 2.36. The van der Waals surface area contributed by atoms with E-state index in [1.165, 1.54) is 21.3 Å². The third-order valence-corrected chi connectivity index (χ3v) is 3.36. The van der Waals surface area contributed by atoms with Crippen molar-refractivity contribution in [3.63, 3.8) is 0 Å². The average Bonchev–Trinajstić information content (AvgIpc) is 2.57. The fraction of sp³-hybridized carbons (Fsp3) is 0.235. The van der Waals surface area contributed by atoms with Gasteiger partial charge in [0.05, 0.1) is 27.9 Å². The quantitative estimate of drug-likeness (QED) is 0.901. The molecule has 0 bridgehead atoms. The van der Waals surface area contributed by atoms with Gasteiger partial charge >= 0.3 is 0 Å². The molecule has 1 aliphatic carbocycles. The summed E-state index contributed by atoms with van der Waals surface area (Å²) in [5.74, 6) is -0.231. The fourth-order valence-corrected chi connectivity index (χ4v) is 2.21. The van der Waals surface area contributed by atoms with Crippen LogP contribution < -0.4 is 4.74 Å². The van der Waals surface area contributed by atoms with Crippen molar-refractivity contribution in [1.29, 1.82) is 0 Å². The Balaban J connectivity index is 2.50. The molecular formula is C17H17O6. The molecule has 1 radical (unpaired) electrons. The number of ketones is 1. The Labute approximate surface area is 133 Å². The molecule has 1 aromatic carbocycles. The van der Waals surface area contributed by atoms with Crippen LogP contribution in [0.25, 0.3) is 6.08 Å². The van der Waals surface area contributed by atoms with Gasteiger partial charge in [-0.1, -0.05) is 0 Å². The smallest absolute Gasteiger partial charge is 0.261 e. The highest BCUT2D eigenvalue weighted by Gasteiger charge is 2.21. The van der Waals surface area contributed by atoms with Gasteiger partial charge in [0, 0.05) is 5.56 Å². The van der Waals surface area contributed by atoms with Gasteiger partial charge in [-0.15, -0.1) is 0 Å². The summed E-state index contributed by atoms with van der Waals surface area (Å²) in [4.78, 5) is 11.9. The number of benzene rings is 1. The number of hydrogen-bond donors (Lipinski definition) is 1. The molecule has 0 amide bonds. The lowest BCUT2D eigenvalue weighted by Crippen LogP contribution is -2.13. The number of allylic oxidation sites excluding steroid dienone is 3. The van der Waals surface area contributed by atoms with Gasteiger partial charge in [0.2, 0.25) is 5.75 Å². The molecule has 0 spiro atoms. The summed E-state index contributed by atoms with van der Waals surface area (Å²) in [5, 5.41) is 21.2. The topological polar surface area (TPSA) is 84.9 Å². The summed E-state index contributed by atoms with van der Waals surface area (Å²) in [6.07, 6.45) is 4.87. The van der Waals surface area contributed by atoms with Gasteiger partial charge in [0.1, 0.15) is 0 Å². The molecule has 0 aromatic heterocycles. The van der Waals surface area contributed by atoms with Gasteiger partial charge in [-0.2, -0.15) is 0 Å². The Hall–Kier alpha value is -2.73. The highest BCUT2D eigenvalue weighted by molar-refractivity contribution is 6.07. The standard InChI is InChI=1S/C17H17O6/c1-21-13-6-10(5-12(9-18)16(13)19)4-11-7-14(22-2)17(20)15(8-11)23-3/h4-8,18H,9H2,1-3H3. The number of rotatable bonds is 5. The Morgan fingerprint density at radius 3 is 2.13 bits per heavy atom. The van der Waals surface area contributed by atoms with E-state index in [0.29, 0.717) is 11.1 Å². The van der Waals surface area contributed by atoms with E-state index in [1.807, 2.05) is 0 Å². The van der Waals surface area contributed by atoms with Crippen molar-refractivity contribution in [3.05, 3.63) is 52.5 Å². The summed E-state index contributed by atoms with van der Waals surface area (Å²) in [6.45, 7) is -0.386. The van der Waals surface area contributed by atoms with Crippen LogP contribution >= 0.6 is 0 Å². The zero-order chi connectivity index (χ0) is 17.0. The van der Waals surface area contributed by atoms with Crippen LogP contribution in [0.1, 0.15) is 11.1 Å². The van der Waals surface area contributed by atoms with E-state index in [0.717, 1.165) is 0 Å². The van der Waals surface area contributed by atoms with E-state index in [4.69, 9.17) is 14.2 Å². The minimum atomic E-state index is -0.386. The van der Waals surface area contributed by atoms with Crippen LogP contribution in [0.4, 0.5) is 0 Å². The summed E-state index contributed by atoms with van der Waals surface area (Å²) in [5.41, 5.74) is 1.53. The van der Waals surface area contributed by atoms with Gasteiger partial charge in [0.25, 0.3) is 5.78 Å². The van der Waals surface area contributed by atoms with Crippen LogP contribution in [0.15, 0.2) is 41.4 Å². The number of carbonyl (C=O) groups is 1. The van der Waals surface area contributed by atoms with Gasteiger partial charge in [0.15, 0.2) is 17.3 Å². The summed E-state index contributed by atoms with van der Waals surface area (Å²) >= 11 is 0. The number of hydrogen-bond acceptors (Lipinski definition) is 5. The first-order chi connectivity index (χ1) is 11.0. The maximum Gasteiger partial charge on any atom is 0.261 e. The van der Waals surface area contributed by atoms with E-state index < -0.39 is 0 Å². The van der Waals surface area contributed by atoms with Crippen molar-refractivity contribution in [1.82, 2.24) is 0 Å². The predicted molar refractivity (Wildman–Crippen MR) is 82.2 cm³/mol. The minimum absolute atomic E-state index is 0.141. The van der Waals surface area contributed by atoms with Crippen LogP contribution in [0.5, 0.6) is 11.5 Å². The highest BCUT2D eigenvalue weighted by Crippen LogP contribution is 2.33. The first-order valence-corrected chi connectivity index (χ1v) is 6.80. The molecule has 1 aromatic rings. The number of aliphatic hydroxyl groups is 1. The first kappa shape index (κ1) is 16.6. The molecule has 0 heterocycles. The number of methoxy groups -OCH3 is 3. The van der Waals surface area contributed by atoms with Gasteiger partial charge in [-0.25, -0.2) is 0 Å². The molecule has 1 aliphatic rings. The first-order valence-electron chi connectivity index (χ1n) is 6.80. The normalized spacial score (nSPS) is 14.1. The molecule has 6 heteroatoms. The van der Waals surface area contributed by atoms with Crippen molar-refractivity contribution < 1.29 is 29.2 Å². The summed E-state index contributed by atoms with van der Waals surface area (Å²) in [6, 6.07) is 3.13. The lowest BCUT2D eigenvalue weighted by Gasteiger charge is -2.14. The Bertz CT molecular complexity index is 661. The molecule has 0 fully saturated rings. The van der Waals surface area contributed by atoms with Crippen LogP contribution in [0.3, 0.4) is 0 Å². The second kappa shape index (κ2) is 7.02. The molecule has 0 atom stereocenters. The molecule has 0 unspecified atom stereocenters. The highest BCUT2D eigenvalue weighted by atomic mass is 16.5.